The third-order valence-electron chi connectivity index (χ3n) is 4.50. The number of nitrogens with one attached hydrogen (secondary N) is 1. The van der Waals surface area contributed by atoms with Crippen molar-refractivity contribution in [2.45, 2.75) is 31.2 Å². The molecule has 2 atom stereocenters. The van der Waals surface area contributed by atoms with E-state index in [2.05, 4.69) is 5.32 Å². The molecular formula is C20H20FNO4. The molecular weight excluding hydrogens is 337 g/mol. The fourth-order valence-corrected chi connectivity index (χ4v) is 3.23. The predicted octanol–water partition coefficient (Wildman–Crippen LogP) is 3.41. The molecule has 136 valence electrons. The summed E-state index contributed by atoms with van der Waals surface area (Å²) in [5.41, 5.74) is 1.56. The molecule has 0 radical (unpaired) electrons. The van der Waals surface area contributed by atoms with Crippen LogP contribution in [0.3, 0.4) is 0 Å². The second-order valence-corrected chi connectivity index (χ2v) is 6.35. The summed E-state index contributed by atoms with van der Waals surface area (Å²) < 4.78 is 18.7. The maximum absolute atomic E-state index is 13.1. The van der Waals surface area contributed by atoms with Crippen LogP contribution in [0.4, 0.5) is 4.39 Å². The molecule has 3 rings (SSSR count). The highest BCUT2D eigenvalue weighted by Gasteiger charge is 2.25. The van der Waals surface area contributed by atoms with Gasteiger partial charge in [-0.3, -0.25) is 9.59 Å². The lowest BCUT2D eigenvalue weighted by Crippen LogP contribution is -2.32. The van der Waals surface area contributed by atoms with Crippen molar-refractivity contribution in [2.24, 2.45) is 0 Å². The molecule has 0 spiro atoms. The van der Waals surface area contributed by atoms with Gasteiger partial charge in [-0.2, -0.15) is 0 Å². The molecule has 1 aliphatic heterocycles. The van der Waals surface area contributed by atoms with Crippen LogP contribution in [0.1, 0.15) is 42.3 Å². The molecule has 26 heavy (non-hydrogen) atoms. The summed E-state index contributed by atoms with van der Waals surface area (Å²) in [6.45, 7) is 0.547. The van der Waals surface area contributed by atoms with E-state index in [1.54, 1.807) is 0 Å². The number of benzene rings is 2. The summed E-state index contributed by atoms with van der Waals surface area (Å²) in [6, 6.07) is 12.4. The minimum Gasteiger partial charge on any atom is -0.493 e. The maximum atomic E-state index is 13.1. The Balaban J connectivity index is 1.70. The van der Waals surface area contributed by atoms with E-state index in [0.29, 0.717) is 12.2 Å². The van der Waals surface area contributed by atoms with Crippen LogP contribution in [0.25, 0.3) is 0 Å². The number of carboxylic acid groups (broad SMARTS) is 1. The Kier molecular flexibility index (Phi) is 5.51. The number of amides is 1. The van der Waals surface area contributed by atoms with E-state index in [4.69, 9.17) is 9.84 Å². The average Bonchev–Trinajstić information content (AvgIpc) is 2.62. The topological polar surface area (TPSA) is 75.6 Å². The van der Waals surface area contributed by atoms with Gasteiger partial charge in [0.05, 0.1) is 19.1 Å². The molecule has 6 heteroatoms. The molecule has 1 aliphatic rings. The first-order chi connectivity index (χ1) is 12.5. The van der Waals surface area contributed by atoms with Gasteiger partial charge in [0.2, 0.25) is 5.91 Å². The second-order valence-electron chi connectivity index (χ2n) is 6.35. The van der Waals surface area contributed by atoms with Gasteiger partial charge in [-0.15, -0.1) is 0 Å². The predicted molar refractivity (Wildman–Crippen MR) is 93.4 cm³/mol. The molecule has 1 amide bonds. The summed E-state index contributed by atoms with van der Waals surface area (Å²) in [5, 5.41) is 11.9. The number of ether oxygens (including phenoxy) is 1. The normalized spacial score (nSPS) is 16.9. The summed E-state index contributed by atoms with van der Waals surface area (Å²) in [4.78, 5) is 23.7. The van der Waals surface area contributed by atoms with Gasteiger partial charge in [0.1, 0.15) is 11.6 Å². The minimum absolute atomic E-state index is 0.0265. The zero-order chi connectivity index (χ0) is 18.5. The zero-order valence-corrected chi connectivity index (χ0v) is 14.2. The fraction of sp³-hybridized carbons (Fsp3) is 0.300. The molecule has 5 nitrogen and oxygen atoms in total. The second kappa shape index (κ2) is 7.99. The van der Waals surface area contributed by atoms with Gasteiger partial charge in [0, 0.05) is 6.42 Å². The molecule has 2 aromatic carbocycles. The highest BCUT2D eigenvalue weighted by atomic mass is 19.1. The third kappa shape index (κ3) is 4.39. The van der Waals surface area contributed by atoms with E-state index >= 15 is 0 Å². The summed E-state index contributed by atoms with van der Waals surface area (Å²) in [5.74, 6) is -0.859. The maximum Gasteiger partial charge on any atom is 0.305 e. The summed E-state index contributed by atoms with van der Waals surface area (Å²) in [6.07, 6.45) is 0.712. The molecule has 1 heterocycles. The number of rotatable bonds is 6. The lowest BCUT2D eigenvalue weighted by atomic mass is 9.90. The van der Waals surface area contributed by atoms with E-state index in [1.165, 1.54) is 24.3 Å². The highest BCUT2D eigenvalue weighted by molar-refractivity contribution is 5.78. The summed E-state index contributed by atoms with van der Waals surface area (Å²) >= 11 is 0. The molecule has 0 saturated heterocycles. The van der Waals surface area contributed by atoms with Gasteiger partial charge in [0.15, 0.2) is 0 Å². The van der Waals surface area contributed by atoms with Crippen molar-refractivity contribution in [1.29, 1.82) is 0 Å². The van der Waals surface area contributed by atoms with Gasteiger partial charge < -0.3 is 15.2 Å². The first kappa shape index (κ1) is 17.9. The van der Waals surface area contributed by atoms with Crippen molar-refractivity contribution in [3.63, 3.8) is 0 Å². The molecule has 0 saturated carbocycles. The molecule has 2 aromatic rings. The number of hydrogen-bond donors (Lipinski definition) is 2. The molecule has 0 fully saturated rings. The van der Waals surface area contributed by atoms with Crippen LogP contribution in [-0.2, 0) is 9.59 Å². The number of fused-ring (bicyclic) bond motifs is 1. The Labute approximate surface area is 150 Å². The number of aliphatic carboxylic acids is 1. The van der Waals surface area contributed by atoms with Gasteiger partial charge >= 0.3 is 5.97 Å². The van der Waals surface area contributed by atoms with Gasteiger partial charge in [-0.05, 0) is 41.7 Å². The minimum atomic E-state index is -1.03. The molecule has 0 unspecified atom stereocenters. The van der Waals surface area contributed by atoms with Crippen LogP contribution in [0.2, 0.25) is 0 Å². The number of halogens is 1. The lowest BCUT2D eigenvalue weighted by molar-refractivity contribution is -0.137. The first-order valence-electron chi connectivity index (χ1n) is 8.51. The van der Waals surface area contributed by atoms with Crippen molar-refractivity contribution in [3.05, 3.63) is 65.5 Å². The van der Waals surface area contributed by atoms with Crippen LogP contribution >= 0.6 is 0 Å². The standard InChI is InChI=1S/C20H20FNO4/c21-15-7-5-13(6-8-15)17(12-20(24)25)22-19(23)11-14-9-10-26-18-4-2-1-3-16(14)18/h1-8,14,17H,9-12H2,(H,22,23)(H,24,25)/t14-,17-/m0/s1. The zero-order valence-electron chi connectivity index (χ0n) is 14.2. The molecule has 2 N–H and O–H groups in total. The van der Waals surface area contributed by atoms with Crippen molar-refractivity contribution in [1.82, 2.24) is 5.32 Å². The Bertz CT molecular complexity index is 791. The third-order valence-corrected chi connectivity index (χ3v) is 4.50. The van der Waals surface area contributed by atoms with E-state index < -0.39 is 17.8 Å². The van der Waals surface area contributed by atoms with Crippen molar-refractivity contribution in [2.75, 3.05) is 6.61 Å². The van der Waals surface area contributed by atoms with Gasteiger partial charge in [-0.1, -0.05) is 30.3 Å². The largest absolute Gasteiger partial charge is 0.493 e. The lowest BCUT2D eigenvalue weighted by Gasteiger charge is -2.26. The Hall–Kier alpha value is -2.89. The van der Waals surface area contributed by atoms with E-state index in [1.807, 2.05) is 24.3 Å². The van der Waals surface area contributed by atoms with Crippen molar-refractivity contribution < 1.29 is 23.8 Å². The van der Waals surface area contributed by atoms with Crippen LogP contribution in [-0.4, -0.2) is 23.6 Å². The highest BCUT2D eigenvalue weighted by Crippen LogP contribution is 2.35. The number of para-hydroxylation sites is 1. The smallest absolute Gasteiger partial charge is 0.305 e. The number of carboxylic acids is 1. The Morgan fingerprint density at radius 1 is 1.19 bits per heavy atom. The Morgan fingerprint density at radius 3 is 2.65 bits per heavy atom. The first-order valence-corrected chi connectivity index (χ1v) is 8.51. The van der Waals surface area contributed by atoms with Crippen molar-refractivity contribution >= 4 is 11.9 Å². The average molecular weight is 357 g/mol. The molecule has 0 bridgehead atoms. The summed E-state index contributed by atoms with van der Waals surface area (Å²) in [7, 11) is 0. The molecule has 0 aromatic heterocycles. The SMILES string of the molecule is O=C(O)C[C@H](NC(=O)C[C@@H]1CCOc2ccccc21)c1ccc(F)cc1. The van der Waals surface area contributed by atoms with E-state index in [-0.39, 0.29) is 24.7 Å². The quantitative estimate of drug-likeness (QED) is 0.831. The molecule has 0 aliphatic carbocycles. The van der Waals surface area contributed by atoms with Gasteiger partial charge in [-0.25, -0.2) is 4.39 Å². The number of carbonyl (C=O) groups excluding carboxylic acids is 1. The van der Waals surface area contributed by atoms with Gasteiger partial charge in [0.25, 0.3) is 0 Å². The van der Waals surface area contributed by atoms with E-state index in [9.17, 15) is 14.0 Å². The monoisotopic (exact) mass is 357 g/mol. The fourth-order valence-electron chi connectivity index (χ4n) is 3.23. The number of hydrogen-bond acceptors (Lipinski definition) is 3. The number of carbonyl (C=O) groups is 2. The van der Waals surface area contributed by atoms with Crippen LogP contribution in [0.5, 0.6) is 5.75 Å². The van der Waals surface area contributed by atoms with Crippen molar-refractivity contribution in [3.8, 4) is 5.75 Å². The Morgan fingerprint density at radius 2 is 1.92 bits per heavy atom. The van der Waals surface area contributed by atoms with Crippen LogP contribution in [0.15, 0.2) is 48.5 Å². The van der Waals surface area contributed by atoms with Crippen LogP contribution in [0, 0.1) is 5.82 Å². The van der Waals surface area contributed by atoms with E-state index in [0.717, 1.165) is 17.7 Å². The van der Waals surface area contributed by atoms with Crippen LogP contribution < -0.4 is 10.1 Å².